The van der Waals surface area contributed by atoms with Crippen molar-refractivity contribution in [1.29, 1.82) is 5.26 Å². The van der Waals surface area contributed by atoms with Gasteiger partial charge in [-0.25, -0.2) is 9.50 Å². The van der Waals surface area contributed by atoms with Gasteiger partial charge in [0.05, 0.1) is 12.5 Å². The Labute approximate surface area is 169 Å². The van der Waals surface area contributed by atoms with Crippen LogP contribution >= 0.6 is 0 Å². The number of rotatable bonds is 5. The van der Waals surface area contributed by atoms with E-state index in [0.717, 1.165) is 25.0 Å². The van der Waals surface area contributed by atoms with E-state index < -0.39 is 17.6 Å². The van der Waals surface area contributed by atoms with Gasteiger partial charge in [-0.2, -0.15) is 15.3 Å². The number of carbonyl (C=O) groups is 2. The van der Waals surface area contributed by atoms with Crippen molar-refractivity contribution in [2.75, 3.05) is 7.05 Å². The van der Waals surface area contributed by atoms with E-state index in [9.17, 15) is 14.9 Å². The Kier molecular flexibility index (Phi) is 5.82. The number of nitrogens with zero attached hydrogens (tertiary/aromatic N) is 6. The smallest absolute Gasteiger partial charge is 0.311 e. The van der Waals surface area contributed by atoms with E-state index in [1.807, 2.05) is 6.92 Å². The lowest BCUT2D eigenvalue weighted by Gasteiger charge is -2.39. The molecule has 0 bridgehead atoms. The zero-order valence-electron chi connectivity index (χ0n) is 17.3. The molecule has 1 aliphatic carbocycles. The second kappa shape index (κ2) is 8.15. The summed E-state index contributed by atoms with van der Waals surface area (Å²) in [6.45, 7) is 5.18. The summed E-state index contributed by atoms with van der Waals surface area (Å²) in [6.07, 6.45) is 4.60. The second-order valence-corrected chi connectivity index (χ2v) is 7.64. The van der Waals surface area contributed by atoms with Crippen molar-refractivity contribution < 1.29 is 14.3 Å². The minimum absolute atomic E-state index is 0.0226. The van der Waals surface area contributed by atoms with Crippen LogP contribution in [0, 0.1) is 25.2 Å². The van der Waals surface area contributed by atoms with Crippen LogP contribution in [0.15, 0.2) is 6.33 Å². The number of aromatic nitrogens is 4. The van der Waals surface area contributed by atoms with Crippen LogP contribution in [0.4, 0.5) is 0 Å². The van der Waals surface area contributed by atoms with Gasteiger partial charge in [0.1, 0.15) is 11.9 Å². The zero-order chi connectivity index (χ0) is 21.2. The molecule has 0 saturated heterocycles. The lowest BCUT2D eigenvalue weighted by Crippen LogP contribution is -2.53. The highest BCUT2D eigenvalue weighted by atomic mass is 16.5. The molecule has 3 rings (SSSR count). The monoisotopic (exact) mass is 398 g/mol. The van der Waals surface area contributed by atoms with Gasteiger partial charge in [0.15, 0.2) is 6.10 Å². The van der Waals surface area contributed by atoms with E-state index in [1.165, 1.54) is 11.2 Å². The SMILES string of the molecule is Cc1nc2ncnn2c(C)c1CC(=O)O[C@@H](C)C(=O)N(C)C1(C#N)CCCCC1. The van der Waals surface area contributed by atoms with Crippen molar-refractivity contribution in [3.05, 3.63) is 23.3 Å². The Morgan fingerprint density at radius 1 is 1.34 bits per heavy atom. The Hall–Kier alpha value is -3.02. The number of aryl methyl sites for hydroxylation is 2. The van der Waals surface area contributed by atoms with Gasteiger partial charge in [0.2, 0.25) is 0 Å². The lowest BCUT2D eigenvalue weighted by molar-refractivity contribution is -0.160. The number of fused-ring (bicyclic) bond motifs is 1. The molecule has 2 heterocycles. The van der Waals surface area contributed by atoms with Gasteiger partial charge >= 0.3 is 5.97 Å². The van der Waals surface area contributed by atoms with Gasteiger partial charge in [-0.15, -0.1) is 0 Å². The van der Waals surface area contributed by atoms with Gasteiger partial charge in [0, 0.05) is 24.0 Å². The fraction of sp³-hybridized carbons (Fsp3) is 0.600. The molecule has 2 aromatic rings. The highest BCUT2D eigenvalue weighted by Gasteiger charge is 2.40. The van der Waals surface area contributed by atoms with E-state index in [2.05, 4.69) is 21.1 Å². The number of esters is 1. The Morgan fingerprint density at radius 2 is 2.03 bits per heavy atom. The Balaban J connectivity index is 1.69. The molecule has 9 nitrogen and oxygen atoms in total. The van der Waals surface area contributed by atoms with Gasteiger partial charge in [-0.3, -0.25) is 9.59 Å². The maximum absolute atomic E-state index is 12.8. The fourth-order valence-corrected chi connectivity index (χ4v) is 3.99. The van der Waals surface area contributed by atoms with Crippen molar-refractivity contribution in [2.24, 2.45) is 0 Å². The van der Waals surface area contributed by atoms with E-state index in [4.69, 9.17) is 4.74 Å². The van der Waals surface area contributed by atoms with Crippen LogP contribution in [0.2, 0.25) is 0 Å². The maximum atomic E-state index is 12.8. The molecule has 1 amide bonds. The molecular formula is C20H26N6O3. The first-order valence-corrected chi connectivity index (χ1v) is 9.83. The van der Waals surface area contributed by atoms with Crippen LogP contribution in [-0.4, -0.2) is 55.0 Å². The topological polar surface area (TPSA) is 113 Å². The van der Waals surface area contributed by atoms with Gasteiger partial charge in [-0.1, -0.05) is 19.3 Å². The minimum atomic E-state index is -0.969. The standard InChI is InChI=1S/C20H26N6O3/c1-13-16(14(2)26-19(24-13)22-12-23-26)10-17(27)29-15(3)18(28)25(4)20(11-21)8-6-5-7-9-20/h12,15H,5-10H2,1-4H3/t15-/m0/s1. The van der Waals surface area contributed by atoms with Crippen LogP contribution in [0.25, 0.3) is 5.78 Å². The third-order valence-electron chi connectivity index (χ3n) is 5.83. The van der Waals surface area contributed by atoms with Crippen molar-refractivity contribution in [3.63, 3.8) is 0 Å². The first-order valence-electron chi connectivity index (χ1n) is 9.83. The number of hydrogen-bond donors (Lipinski definition) is 0. The third-order valence-corrected chi connectivity index (χ3v) is 5.83. The predicted octanol–water partition coefficient (Wildman–Crippen LogP) is 1.90. The molecule has 2 aromatic heterocycles. The summed E-state index contributed by atoms with van der Waals surface area (Å²) in [5, 5.41) is 13.8. The van der Waals surface area contributed by atoms with E-state index in [0.29, 0.717) is 29.9 Å². The average molecular weight is 398 g/mol. The molecule has 0 radical (unpaired) electrons. The lowest BCUT2D eigenvalue weighted by atomic mass is 9.81. The van der Waals surface area contributed by atoms with Gasteiger partial charge < -0.3 is 9.64 Å². The summed E-state index contributed by atoms with van der Waals surface area (Å²) in [5.74, 6) is -0.418. The summed E-state index contributed by atoms with van der Waals surface area (Å²) in [5.41, 5.74) is 1.30. The zero-order valence-corrected chi connectivity index (χ0v) is 17.3. The Morgan fingerprint density at radius 3 is 2.69 bits per heavy atom. The van der Waals surface area contributed by atoms with Crippen molar-refractivity contribution >= 4 is 17.7 Å². The van der Waals surface area contributed by atoms with Crippen LogP contribution in [0.5, 0.6) is 0 Å². The third kappa shape index (κ3) is 3.92. The molecule has 9 heteroatoms. The predicted molar refractivity (Wildman–Crippen MR) is 104 cm³/mol. The largest absolute Gasteiger partial charge is 0.452 e. The number of ether oxygens (including phenoxy) is 1. The fourth-order valence-electron chi connectivity index (χ4n) is 3.99. The molecule has 0 unspecified atom stereocenters. The van der Waals surface area contributed by atoms with Crippen LogP contribution < -0.4 is 0 Å². The summed E-state index contributed by atoms with van der Waals surface area (Å²) < 4.78 is 6.98. The molecule has 0 spiro atoms. The van der Waals surface area contributed by atoms with Crippen LogP contribution in [0.1, 0.15) is 56.0 Å². The number of likely N-dealkylation sites (N-methyl/N-ethyl adjacent to an activating group) is 1. The van der Waals surface area contributed by atoms with E-state index in [-0.39, 0.29) is 12.3 Å². The molecule has 154 valence electrons. The molecule has 0 aromatic carbocycles. The molecule has 0 aliphatic heterocycles. The summed E-state index contributed by atoms with van der Waals surface area (Å²) in [4.78, 5) is 35.2. The molecular weight excluding hydrogens is 372 g/mol. The normalized spacial score (nSPS) is 16.8. The first kappa shape index (κ1) is 20.7. The molecule has 1 saturated carbocycles. The highest BCUT2D eigenvalue weighted by molar-refractivity contribution is 5.84. The number of amides is 1. The summed E-state index contributed by atoms with van der Waals surface area (Å²) >= 11 is 0. The molecule has 1 aliphatic rings. The number of carbonyl (C=O) groups excluding carboxylic acids is 2. The van der Waals surface area contributed by atoms with Gasteiger partial charge in [-0.05, 0) is 33.6 Å². The average Bonchev–Trinajstić information content (AvgIpc) is 3.18. The Bertz CT molecular complexity index is 970. The molecule has 29 heavy (non-hydrogen) atoms. The van der Waals surface area contributed by atoms with E-state index >= 15 is 0 Å². The summed E-state index contributed by atoms with van der Waals surface area (Å²) in [7, 11) is 1.62. The van der Waals surface area contributed by atoms with Crippen molar-refractivity contribution in [3.8, 4) is 6.07 Å². The van der Waals surface area contributed by atoms with Crippen molar-refractivity contribution in [2.45, 2.75) is 70.9 Å². The van der Waals surface area contributed by atoms with Crippen LogP contribution in [-0.2, 0) is 20.7 Å². The molecule has 0 N–H and O–H groups in total. The first-order chi connectivity index (χ1) is 13.8. The second-order valence-electron chi connectivity index (χ2n) is 7.64. The minimum Gasteiger partial charge on any atom is -0.452 e. The van der Waals surface area contributed by atoms with Crippen LogP contribution in [0.3, 0.4) is 0 Å². The number of nitriles is 1. The number of hydrogen-bond acceptors (Lipinski definition) is 7. The molecule has 1 fully saturated rings. The van der Waals surface area contributed by atoms with Gasteiger partial charge in [0.25, 0.3) is 11.7 Å². The molecule has 1 atom stereocenters. The summed E-state index contributed by atoms with van der Waals surface area (Å²) in [6, 6.07) is 2.32. The quantitative estimate of drug-likeness (QED) is 0.707. The van der Waals surface area contributed by atoms with Crippen molar-refractivity contribution in [1.82, 2.24) is 24.5 Å². The highest BCUT2D eigenvalue weighted by Crippen LogP contribution is 2.33. The maximum Gasteiger partial charge on any atom is 0.311 e. The van der Waals surface area contributed by atoms with E-state index in [1.54, 1.807) is 25.4 Å².